The molecule has 0 saturated carbocycles. The number of carbonyl (C=O) groups excluding carboxylic acids is 1. The molecule has 2 aromatic rings. The van der Waals surface area contributed by atoms with Crippen LogP contribution >= 0.6 is 0 Å². The lowest BCUT2D eigenvalue weighted by molar-refractivity contribution is 0.0923. The van der Waals surface area contributed by atoms with E-state index in [0.717, 1.165) is 24.0 Å². The number of sulfonamides is 1. The van der Waals surface area contributed by atoms with Crippen LogP contribution in [-0.2, 0) is 16.4 Å². The fourth-order valence-electron chi connectivity index (χ4n) is 3.20. The number of furan rings is 1. The second kappa shape index (κ2) is 8.18. The minimum Gasteiger partial charge on any atom is -0.455 e. The van der Waals surface area contributed by atoms with Gasteiger partial charge < -0.3 is 9.73 Å². The predicted molar refractivity (Wildman–Crippen MR) is 107 cm³/mol. The number of hydrogen-bond donors (Lipinski definition) is 2. The molecule has 0 atom stereocenters. The minimum absolute atomic E-state index is 0.155. The van der Waals surface area contributed by atoms with Gasteiger partial charge in [0.1, 0.15) is 5.76 Å². The molecule has 0 saturated heterocycles. The Bertz CT molecular complexity index is 1000. The Balaban J connectivity index is 1.88. The molecule has 0 spiro atoms. The van der Waals surface area contributed by atoms with E-state index in [1.807, 2.05) is 13.8 Å². The second-order valence-electron chi connectivity index (χ2n) is 6.93. The smallest absolute Gasteiger partial charge is 0.287 e. The summed E-state index contributed by atoms with van der Waals surface area (Å²) < 4.78 is 30.8. The van der Waals surface area contributed by atoms with E-state index in [9.17, 15) is 13.2 Å². The number of amides is 1. The van der Waals surface area contributed by atoms with Gasteiger partial charge in [0, 0.05) is 24.1 Å². The van der Waals surface area contributed by atoms with E-state index >= 15 is 0 Å². The van der Waals surface area contributed by atoms with Crippen LogP contribution in [0.15, 0.2) is 38.7 Å². The summed E-state index contributed by atoms with van der Waals surface area (Å²) in [5.41, 5.74) is 2.99. The molecule has 1 aliphatic rings. The van der Waals surface area contributed by atoms with E-state index < -0.39 is 10.0 Å². The SMILES string of the molecule is CCCNC(=O)c1oc2c(c1C)/C(=N/NS(=O)(=O)c1ccc(C)cc1)CCC2. The number of nitrogens with zero attached hydrogens (tertiary/aromatic N) is 1. The number of hydrogen-bond acceptors (Lipinski definition) is 5. The molecule has 1 aromatic heterocycles. The summed E-state index contributed by atoms with van der Waals surface area (Å²) in [7, 11) is -3.76. The lowest BCUT2D eigenvalue weighted by Crippen LogP contribution is -2.24. The number of carbonyl (C=O) groups is 1. The van der Waals surface area contributed by atoms with Crippen LogP contribution in [0.2, 0.25) is 0 Å². The first-order chi connectivity index (χ1) is 13.3. The van der Waals surface area contributed by atoms with Gasteiger partial charge in [-0.15, -0.1) is 0 Å². The maximum atomic E-state index is 12.5. The Morgan fingerprint density at radius 1 is 1.18 bits per heavy atom. The van der Waals surface area contributed by atoms with Gasteiger partial charge in [-0.3, -0.25) is 4.79 Å². The van der Waals surface area contributed by atoms with E-state index in [1.165, 1.54) is 0 Å². The van der Waals surface area contributed by atoms with Crippen molar-refractivity contribution in [1.82, 2.24) is 10.1 Å². The lowest BCUT2D eigenvalue weighted by Gasteiger charge is -2.14. The molecule has 0 bridgehead atoms. The van der Waals surface area contributed by atoms with Crippen molar-refractivity contribution in [3.63, 3.8) is 0 Å². The first-order valence-corrected chi connectivity index (χ1v) is 10.9. The Morgan fingerprint density at radius 3 is 2.57 bits per heavy atom. The van der Waals surface area contributed by atoms with Crippen LogP contribution in [0.1, 0.15) is 59.2 Å². The average molecular weight is 404 g/mol. The van der Waals surface area contributed by atoms with E-state index in [2.05, 4.69) is 15.2 Å². The molecule has 150 valence electrons. The summed E-state index contributed by atoms with van der Waals surface area (Å²) in [5.74, 6) is 0.696. The zero-order chi connectivity index (χ0) is 20.3. The normalized spacial score (nSPS) is 15.3. The van der Waals surface area contributed by atoms with Crippen LogP contribution in [0.4, 0.5) is 0 Å². The molecule has 0 radical (unpaired) electrons. The van der Waals surface area contributed by atoms with Crippen molar-refractivity contribution in [2.75, 3.05) is 6.54 Å². The van der Waals surface area contributed by atoms with Crippen molar-refractivity contribution in [2.24, 2.45) is 5.10 Å². The van der Waals surface area contributed by atoms with E-state index in [1.54, 1.807) is 31.2 Å². The molecule has 28 heavy (non-hydrogen) atoms. The van der Waals surface area contributed by atoms with Gasteiger partial charge in [0.2, 0.25) is 0 Å². The summed E-state index contributed by atoms with van der Waals surface area (Å²) >= 11 is 0. The number of nitrogens with one attached hydrogen (secondary N) is 2. The average Bonchev–Trinajstić information content (AvgIpc) is 3.02. The van der Waals surface area contributed by atoms with Gasteiger partial charge in [0.05, 0.1) is 10.6 Å². The number of rotatable bonds is 6. The topological polar surface area (TPSA) is 101 Å². The number of hydrazone groups is 1. The summed E-state index contributed by atoms with van der Waals surface area (Å²) in [4.78, 5) is 14.8. The van der Waals surface area contributed by atoms with Crippen molar-refractivity contribution < 1.29 is 17.6 Å². The van der Waals surface area contributed by atoms with Gasteiger partial charge in [0.15, 0.2) is 5.76 Å². The maximum absolute atomic E-state index is 12.5. The minimum atomic E-state index is -3.76. The Labute approximate surface area is 165 Å². The predicted octanol–water partition coefficient (Wildman–Crippen LogP) is 3.06. The van der Waals surface area contributed by atoms with Gasteiger partial charge in [0.25, 0.3) is 15.9 Å². The monoisotopic (exact) mass is 403 g/mol. The highest BCUT2D eigenvalue weighted by atomic mass is 32.2. The first-order valence-electron chi connectivity index (χ1n) is 9.39. The van der Waals surface area contributed by atoms with Gasteiger partial charge in [-0.25, -0.2) is 0 Å². The molecular weight excluding hydrogens is 378 g/mol. The third-order valence-electron chi connectivity index (χ3n) is 4.70. The lowest BCUT2D eigenvalue weighted by atomic mass is 9.93. The molecule has 0 fully saturated rings. The van der Waals surface area contributed by atoms with Crippen LogP contribution in [0.25, 0.3) is 0 Å². The van der Waals surface area contributed by atoms with Crippen LogP contribution in [0.5, 0.6) is 0 Å². The Hall–Kier alpha value is -2.61. The van der Waals surface area contributed by atoms with Gasteiger partial charge in [-0.2, -0.15) is 18.4 Å². The van der Waals surface area contributed by atoms with E-state index in [4.69, 9.17) is 4.42 Å². The fraction of sp³-hybridized carbons (Fsp3) is 0.400. The number of aryl methyl sites for hydroxylation is 2. The molecule has 1 aliphatic carbocycles. The van der Waals surface area contributed by atoms with Crippen LogP contribution in [-0.4, -0.2) is 26.6 Å². The summed E-state index contributed by atoms with van der Waals surface area (Å²) in [5, 5.41) is 6.99. The van der Waals surface area contributed by atoms with Gasteiger partial charge >= 0.3 is 0 Å². The van der Waals surface area contributed by atoms with Crippen molar-refractivity contribution in [3.05, 3.63) is 52.5 Å². The molecule has 0 unspecified atom stereocenters. The van der Waals surface area contributed by atoms with E-state index in [0.29, 0.717) is 36.4 Å². The summed E-state index contributed by atoms with van der Waals surface area (Å²) in [6.07, 6.45) is 2.92. The second-order valence-corrected chi connectivity index (χ2v) is 8.59. The molecule has 1 amide bonds. The largest absolute Gasteiger partial charge is 0.455 e. The van der Waals surface area contributed by atoms with Crippen molar-refractivity contribution >= 4 is 21.6 Å². The van der Waals surface area contributed by atoms with Crippen LogP contribution in [0, 0.1) is 13.8 Å². The van der Waals surface area contributed by atoms with Crippen molar-refractivity contribution in [1.29, 1.82) is 0 Å². The Kier molecular flexibility index (Phi) is 5.88. The Morgan fingerprint density at radius 2 is 1.89 bits per heavy atom. The highest BCUT2D eigenvalue weighted by Crippen LogP contribution is 2.30. The summed E-state index contributed by atoms with van der Waals surface area (Å²) in [6, 6.07) is 6.57. The first kappa shape index (κ1) is 20.1. The number of fused-ring (bicyclic) bond motifs is 1. The third-order valence-corrected chi connectivity index (χ3v) is 5.92. The molecule has 1 aromatic carbocycles. The van der Waals surface area contributed by atoms with Crippen LogP contribution < -0.4 is 10.1 Å². The van der Waals surface area contributed by atoms with E-state index in [-0.39, 0.29) is 16.6 Å². The molecule has 7 nitrogen and oxygen atoms in total. The van der Waals surface area contributed by atoms with Crippen molar-refractivity contribution in [3.8, 4) is 0 Å². The standard InChI is InChI=1S/C20H25N3O4S/c1-4-12-21-20(24)19-14(3)18-16(6-5-7-17(18)27-19)22-23-28(25,26)15-10-8-13(2)9-11-15/h8-11,23H,4-7,12H2,1-3H3,(H,21,24)/b22-16+. The molecular formula is C20H25N3O4S. The zero-order valence-electron chi connectivity index (χ0n) is 16.3. The quantitative estimate of drug-likeness (QED) is 0.724. The van der Waals surface area contributed by atoms with Crippen molar-refractivity contribution in [2.45, 2.75) is 51.3 Å². The van der Waals surface area contributed by atoms with Crippen LogP contribution in [0.3, 0.4) is 0 Å². The maximum Gasteiger partial charge on any atom is 0.287 e. The number of benzene rings is 1. The summed E-state index contributed by atoms with van der Waals surface area (Å²) in [6.45, 7) is 6.24. The fourth-order valence-corrected chi connectivity index (χ4v) is 4.03. The molecule has 8 heteroatoms. The zero-order valence-corrected chi connectivity index (χ0v) is 17.1. The molecule has 1 heterocycles. The highest BCUT2D eigenvalue weighted by molar-refractivity contribution is 7.89. The highest BCUT2D eigenvalue weighted by Gasteiger charge is 2.28. The third kappa shape index (κ3) is 4.11. The van der Waals surface area contributed by atoms with Gasteiger partial charge in [-0.05, 0) is 45.2 Å². The molecule has 0 aliphatic heterocycles. The van der Waals surface area contributed by atoms with Gasteiger partial charge in [-0.1, -0.05) is 24.6 Å². The molecule has 3 rings (SSSR count). The molecule has 2 N–H and O–H groups in total.